The standard InChI is InChI=1S/C12H8F3N3O/c13-8-3-2-7(10(14)11(8)15)12(19)18-6-1-4-9(16)17-5-6/h1-5H,(H2,16,17)(H,18,19). The van der Waals surface area contributed by atoms with E-state index < -0.39 is 28.9 Å². The van der Waals surface area contributed by atoms with Crippen molar-refractivity contribution in [2.24, 2.45) is 0 Å². The second-order valence-electron chi connectivity index (χ2n) is 3.65. The fourth-order valence-corrected chi connectivity index (χ4v) is 1.38. The van der Waals surface area contributed by atoms with E-state index >= 15 is 0 Å². The number of hydrogen-bond donors (Lipinski definition) is 2. The average Bonchev–Trinajstić information content (AvgIpc) is 2.39. The number of halogens is 3. The molecule has 0 bridgehead atoms. The Balaban J connectivity index is 2.25. The number of carbonyl (C=O) groups is 1. The predicted molar refractivity (Wildman–Crippen MR) is 62.9 cm³/mol. The summed E-state index contributed by atoms with van der Waals surface area (Å²) in [5.41, 5.74) is 5.01. The molecule has 1 amide bonds. The van der Waals surface area contributed by atoms with E-state index in [0.29, 0.717) is 6.07 Å². The van der Waals surface area contributed by atoms with Crippen LogP contribution in [0.4, 0.5) is 24.7 Å². The van der Waals surface area contributed by atoms with Gasteiger partial charge in [0.25, 0.3) is 5.91 Å². The Morgan fingerprint density at radius 1 is 1.11 bits per heavy atom. The van der Waals surface area contributed by atoms with Crippen molar-refractivity contribution in [1.29, 1.82) is 0 Å². The molecule has 0 atom stereocenters. The minimum Gasteiger partial charge on any atom is -0.384 e. The third-order valence-corrected chi connectivity index (χ3v) is 2.32. The lowest BCUT2D eigenvalue weighted by Gasteiger charge is -2.06. The van der Waals surface area contributed by atoms with Gasteiger partial charge in [-0.25, -0.2) is 18.2 Å². The van der Waals surface area contributed by atoms with Crippen LogP contribution in [0.5, 0.6) is 0 Å². The van der Waals surface area contributed by atoms with E-state index in [9.17, 15) is 18.0 Å². The van der Waals surface area contributed by atoms with Gasteiger partial charge in [0.15, 0.2) is 17.5 Å². The summed E-state index contributed by atoms with van der Waals surface area (Å²) in [6.07, 6.45) is 1.25. The lowest BCUT2D eigenvalue weighted by molar-refractivity contribution is 0.102. The Hall–Kier alpha value is -2.57. The molecule has 3 N–H and O–H groups in total. The highest BCUT2D eigenvalue weighted by Gasteiger charge is 2.18. The van der Waals surface area contributed by atoms with Gasteiger partial charge in [-0.15, -0.1) is 0 Å². The lowest BCUT2D eigenvalue weighted by Crippen LogP contribution is -2.15. The van der Waals surface area contributed by atoms with Crippen LogP contribution < -0.4 is 11.1 Å². The van der Waals surface area contributed by atoms with Crippen LogP contribution in [-0.2, 0) is 0 Å². The second kappa shape index (κ2) is 4.97. The van der Waals surface area contributed by atoms with Crippen LogP contribution in [0.1, 0.15) is 10.4 Å². The highest BCUT2D eigenvalue weighted by molar-refractivity contribution is 6.04. The maximum atomic E-state index is 13.4. The van der Waals surface area contributed by atoms with E-state index in [1.165, 1.54) is 18.3 Å². The molecule has 2 rings (SSSR count). The van der Waals surface area contributed by atoms with E-state index in [2.05, 4.69) is 10.3 Å². The number of anilines is 2. The number of aromatic nitrogens is 1. The number of nitrogens with two attached hydrogens (primary N) is 1. The Labute approximate surface area is 106 Å². The number of nitrogens with one attached hydrogen (secondary N) is 1. The first-order valence-corrected chi connectivity index (χ1v) is 5.15. The number of pyridine rings is 1. The van der Waals surface area contributed by atoms with Crippen LogP contribution in [-0.4, -0.2) is 10.9 Å². The van der Waals surface area contributed by atoms with Crippen molar-refractivity contribution in [2.75, 3.05) is 11.1 Å². The Morgan fingerprint density at radius 2 is 1.84 bits per heavy atom. The van der Waals surface area contributed by atoms with Gasteiger partial charge < -0.3 is 11.1 Å². The fourth-order valence-electron chi connectivity index (χ4n) is 1.38. The van der Waals surface area contributed by atoms with E-state index in [-0.39, 0.29) is 11.5 Å². The molecule has 1 aromatic heterocycles. The molecule has 1 aromatic carbocycles. The van der Waals surface area contributed by atoms with Crippen molar-refractivity contribution in [3.63, 3.8) is 0 Å². The molecule has 7 heteroatoms. The molecule has 0 spiro atoms. The van der Waals surface area contributed by atoms with Gasteiger partial charge in [-0.3, -0.25) is 4.79 Å². The topological polar surface area (TPSA) is 68.0 Å². The fraction of sp³-hybridized carbons (Fsp3) is 0. The third-order valence-electron chi connectivity index (χ3n) is 2.32. The van der Waals surface area contributed by atoms with Crippen molar-refractivity contribution >= 4 is 17.4 Å². The molecule has 98 valence electrons. The van der Waals surface area contributed by atoms with Crippen molar-refractivity contribution in [1.82, 2.24) is 4.98 Å². The molecule has 4 nitrogen and oxygen atoms in total. The molecule has 0 aliphatic rings. The van der Waals surface area contributed by atoms with E-state index in [0.717, 1.165) is 6.07 Å². The summed E-state index contributed by atoms with van der Waals surface area (Å²) in [4.78, 5) is 15.4. The number of hydrogen-bond acceptors (Lipinski definition) is 3. The molecule has 1 heterocycles. The molecule has 0 fully saturated rings. The maximum absolute atomic E-state index is 13.4. The number of nitrogens with zero attached hydrogens (tertiary/aromatic N) is 1. The zero-order valence-corrected chi connectivity index (χ0v) is 9.45. The number of amides is 1. The highest BCUT2D eigenvalue weighted by atomic mass is 19.2. The van der Waals surface area contributed by atoms with Gasteiger partial charge in [-0.1, -0.05) is 0 Å². The normalized spacial score (nSPS) is 10.3. The molecule has 0 aliphatic heterocycles. The van der Waals surface area contributed by atoms with Crippen LogP contribution in [0.3, 0.4) is 0 Å². The van der Waals surface area contributed by atoms with E-state index in [4.69, 9.17) is 5.73 Å². The van der Waals surface area contributed by atoms with Crippen LogP contribution >= 0.6 is 0 Å². The molecule has 19 heavy (non-hydrogen) atoms. The number of benzene rings is 1. The van der Waals surface area contributed by atoms with Crippen molar-refractivity contribution in [3.8, 4) is 0 Å². The zero-order valence-electron chi connectivity index (χ0n) is 9.45. The largest absolute Gasteiger partial charge is 0.384 e. The lowest BCUT2D eigenvalue weighted by atomic mass is 10.2. The van der Waals surface area contributed by atoms with Gasteiger partial charge in [-0.05, 0) is 24.3 Å². The molecular weight excluding hydrogens is 259 g/mol. The van der Waals surface area contributed by atoms with Gasteiger partial charge in [0.05, 0.1) is 17.4 Å². The minimum atomic E-state index is -1.69. The summed E-state index contributed by atoms with van der Waals surface area (Å²) in [7, 11) is 0. The SMILES string of the molecule is Nc1ccc(NC(=O)c2ccc(F)c(F)c2F)cn1. The van der Waals surface area contributed by atoms with Crippen LogP contribution in [0.2, 0.25) is 0 Å². The maximum Gasteiger partial charge on any atom is 0.258 e. The molecule has 0 saturated heterocycles. The summed E-state index contributed by atoms with van der Waals surface area (Å²) in [6, 6.07) is 4.40. The van der Waals surface area contributed by atoms with Gasteiger partial charge in [0, 0.05) is 0 Å². The smallest absolute Gasteiger partial charge is 0.258 e. The third kappa shape index (κ3) is 2.65. The minimum absolute atomic E-state index is 0.247. The first kappa shape index (κ1) is 12.9. The van der Waals surface area contributed by atoms with E-state index in [1.54, 1.807) is 0 Å². The molecule has 0 radical (unpaired) electrons. The molecule has 2 aromatic rings. The quantitative estimate of drug-likeness (QED) is 0.820. The van der Waals surface area contributed by atoms with Gasteiger partial charge in [0.2, 0.25) is 0 Å². The van der Waals surface area contributed by atoms with Crippen LogP contribution in [0.15, 0.2) is 30.5 Å². The van der Waals surface area contributed by atoms with Crippen molar-refractivity contribution in [3.05, 3.63) is 53.5 Å². The second-order valence-corrected chi connectivity index (χ2v) is 3.65. The summed E-state index contributed by atoms with van der Waals surface area (Å²) in [5.74, 6) is -5.26. The van der Waals surface area contributed by atoms with Crippen LogP contribution in [0, 0.1) is 17.5 Å². The monoisotopic (exact) mass is 267 g/mol. The molecule has 0 aliphatic carbocycles. The summed E-state index contributed by atoms with van der Waals surface area (Å²) >= 11 is 0. The zero-order chi connectivity index (χ0) is 14.0. The first-order valence-electron chi connectivity index (χ1n) is 5.15. The Morgan fingerprint density at radius 3 is 2.47 bits per heavy atom. The molecule has 0 unspecified atom stereocenters. The number of nitrogen functional groups attached to an aromatic ring is 1. The molecular formula is C12H8F3N3O. The highest BCUT2D eigenvalue weighted by Crippen LogP contribution is 2.17. The van der Waals surface area contributed by atoms with Gasteiger partial charge >= 0.3 is 0 Å². The predicted octanol–water partition coefficient (Wildman–Crippen LogP) is 2.33. The Kier molecular flexibility index (Phi) is 3.37. The summed E-state index contributed by atoms with van der Waals surface area (Å²) in [6.45, 7) is 0. The summed E-state index contributed by atoms with van der Waals surface area (Å²) < 4.78 is 39.1. The van der Waals surface area contributed by atoms with Crippen molar-refractivity contribution < 1.29 is 18.0 Å². The summed E-state index contributed by atoms with van der Waals surface area (Å²) in [5, 5.41) is 2.29. The van der Waals surface area contributed by atoms with Gasteiger partial charge in [0.1, 0.15) is 5.82 Å². The number of carbonyl (C=O) groups excluding carboxylic acids is 1. The average molecular weight is 267 g/mol. The number of rotatable bonds is 2. The van der Waals surface area contributed by atoms with Crippen molar-refractivity contribution in [2.45, 2.75) is 0 Å². The van der Waals surface area contributed by atoms with Crippen LogP contribution in [0.25, 0.3) is 0 Å². The Bertz CT molecular complexity index is 629. The first-order chi connectivity index (χ1) is 8.99. The van der Waals surface area contributed by atoms with E-state index in [1.807, 2.05) is 0 Å². The van der Waals surface area contributed by atoms with Gasteiger partial charge in [-0.2, -0.15) is 0 Å². The molecule has 0 saturated carbocycles.